The van der Waals surface area contributed by atoms with Crippen LogP contribution in [0, 0.1) is 12.7 Å². The van der Waals surface area contributed by atoms with E-state index < -0.39 is 0 Å². The summed E-state index contributed by atoms with van der Waals surface area (Å²) >= 11 is 0. The van der Waals surface area contributed by atoms with Gasteiger partial charge in [-0.15, -0.1) is 0 Å². The molecule has 1 aliphatic rings. The van der Waals surface area contributed by atoms with Crippen molar-refractivity contribution in [3.63, 3.8) is 0 Å². The van der Waals surface area contributed by atoms with Gasteiger partial charge >= 0.3 is 0 Å². The van der Waals surface area contributed by atoms with Gasteiger partial charge < -0.3 is 5.32 Å². The first kappa shape index (κ1) is 16.7. The van der Waals surface area contributed by atoms with Crippen molar-refractivity contribution in [2.75, 3.05) is 6.54 Å². The normalized spacial score (nSPS) is 14.0. The molecule has 0 aromatic heterocycles. The fourth-order valence-corrected chi connectivity index (χ4v) is 2.84. The van der Waals surface area contributed by atoms with Gasteiger partial charge in [-0.1, -0.05) is 42.0 Å². The monoisotopic (exact) mass is 326 g/mol. The Kier molecular flexibility index (Phi) is 5.26. The lowest BCUT2D eigenvalue weighted by Crippen LogP contribution is -2.37. The van der Waals surface area contributed by atoms with Crippen LogP contribution in [0.1, 0.15) is 29.5 Å². The SMILES string of the molecule is Cc1cccc(CN(CC(=O)NCc2ccc(F)cc2)C2CC2)c1. The minimum Gasteiger partial charge on any atom is -0.351 e. The molecule has 0 unspecified atom stereocenters. The molecule has 1 aliphatic carbocycles. The van der Waals surface area contributed by atoms with Crippen LogP contribution >= 0.6 is 0 Å². The first-order valence-electron chi connectivity index (χ1n) is 8.41. The van der Waals surface area contributed by atoms with Crippen LogP contribution in [-0.2, 0) is 17.9 Å². The molecule has 24 heavy (non-hydrogen) atoms. The molecule has 4 heteroatoms. The average molecular weight is 326 g/mol. The van der Waals surface area contributed by atoms with Crippen LogP contribution in [0.4, 0.5) is 4.39 Å². The van der Waals surface area contributed by atoms with Crippen LogP contribution in [0.15, 0.2) is 48.5 Å². The Hall–Kier alpha value is -2.20. The minimum atomic E-state index is -0.261. The van der Waals surface area contributed by atoms with Gasteiger partial charge in [0.2, 0.25) is 5.91 Å². The molecule has 2 aromatic rings. The van der Waals surface area contributed by atoms with Crippen molar-refractivity contribution >= 4 is 5.91 Å². The number of aryl methyl sites for hydroxylation is 1. The fourth-order valence-electron chi connectivity index (χ4n) is 2.84. The van der Waals surface area contributed by atoms with E-state index in [-0.39, 0.29) is 11.7 Å². The van der Waals surface area contributed by atoms with Gasteiger partial charge in [0.25, 0.3) is 0 Å². The molecule has 3 rings (SSSR count). The molecule has 1 amide bonds. The minimum absolute atomic E-state index is 0.0129. The summed E-state index contributed by atoms with van der Waals surface area (Å²) in [6, 6.07) is 15.2. The molecule has 0 atom stereocenters. The molecular formula is C20H23FN2O. The van der Waals surface area contributed by atoms with Gasteiger partial charge in [-0.05, 0) is 43.0 Å². The predicted octanol–water partition coefficient (Wildman–Crippen LogP) is 3.41. The zero-order chi connectivity index (χ0) is 16.9. The Bertz CT molecular complexity index is 695. The number of halogens is 1. The van der Waals surface area contributed by atoms with Crippen LogP contribution in [0.3, 0.4) is 0 Å². The summed E-state index contributed by atoms with van der Waals surface area (Å²) in [7, 11) is 0. The van der Waals surface area contributed by atoms with Crippen molar-refractivity contribution in [3.8, 4) is 0 Å². The Balaban J connectivity index is 1.53. The van der Waals surface area contributed by atoms with Crippen LogP contribution in [-0.4, -0.2) is 23.4 Å². The molecule has 1 saturated carbocycles. The lowest BCUT2D eigenvalue weighted by atomic mass is 10.1. The number of nitrogens with one attached hydrogen (secondary N) is 1. The maximum Gasteiger partial charge on any atom is 0.234 e. The molecular weight excluding hydrogens is 303 g/mol. The first-order chi connectivity index (χ1) is 11.6. The molecule has 2 aromatic carbocycles. The van der Waals surface area contributed by atoms with Gasteiger partial charge in [-0.3, -0.25) is 9.69 Å². The number of amides is 1. The van der Waals surface area contributed by atoms with Crippen LogP contribution in [0.25, 0.3) is 0 Å². The van der Waals surface area contributed by atoms with E-state index in [1.807, 2.05) is 0 Å². The molecule has 0 saturated heterocycles. The van der Waals surface area contributed by atoms with E-state index in [1.54, 1.807) is 12.1 Å². The highest BCUT2D eigenvalue weighted by atomic mass is 19.1. The van der Waals surface area contributed by atoms with Gasteiger partial charge in [-0.25, -0.2) is 4.39 Å². The van der Waals surface area contributed by atoms with E-state index in [9.17, 15) is 9.18 Å². The average Bonchev–Trinajstić information content (AvgIpc) is 3.39. The van der Waals surface area contributed by atoms with Crippen molar-refractivity contribution in [2.24, 2.45) is 0 Å². The maximum atomic E-state index is 12.9. The van der Waals surface area contributed by atoms with Gasteiger partial charge in [-0.2, -0.15) is 0 Å². The summed E-state index contributed by atoms with van der Waals surface area (Å²) in [6.45, 7) is 3.72. The lowest BCUT2D eigenvalue weighted by molar-refractivity contribution is -0.122. The molecule has 1 N–H and O–H groups in total. The molecule has 0 aliphatic heterocycles. The van der Waals surface area contributed by atoms with E-state index in [4.69, 9.17) is 0 Å². The third-order valence-corrected chi connectivity index (χ3v) is 4.28. The maximum absolute atomic E-state index is 12.9. The van der Waals surface area contributed by atoms with Crippen LogP contribution in [0.5, 0.6) is 0 Å². The summed E-state index contributed by atoms with van der Waals surface area (Å²) < 4.78 is 12.9. The quantitative estimate of drug-likeness (QED) is 0.845. The Morgan fingerprint density at radius 1 is 1.17 bits per heavy atom. The smallest absolute Gasteiger partial charge is 0.234 e. The number of benzene rings is 2. The third-order valence-electron chi connectivity index (χ3n) is 4.28. The fraction of sp³-hybridized carbons (Fsp3) is 0.350. The summed E-state index contributed by atoms with van der Waals surface area (Å²) in [5.41, 5.74) is 3.39. The standard InChI is InChI=1S/C20H23FN2O/c1-15-3-2-4-17(11-15)13-23(19-9-10-19)14-20(24)22-12-16-5-7-18(21)8-6-16/h2-8,11,19H,9-10,12-14H2,1H3,(H,22,24). The van der Waals surface area contributed by atoms with Gasteiger partial charge in [0, 0.05) is 19.1 Å². The number of carbonyl (C=O) groups excluding carboxylic acids is 1. The molecule has 0 radical (unpaired) electrons. The topological polar surface area (TPSA) is 32.3 Å². The number of carbonyl (C=O) groups is 1. The predicted molar refractivity (Wildman–Crippen MR) is 92.9 cm³/mol. The van der Waals surface area contributed by atoms with Crippen molar-refractivity contribution in [2.45, 2.75) is 38.9 Å². The lowest BCUT2D eigenvalue weighted by Gasteiger charge is -2.21. The van der Waals surface area contributed by atoms with E-state index >= 15 is 0 Å². The molecule has 1 fully saturated rings. The molecule has 0 heterocycles. The zero-order valence-electron chi connectivity index (χ0n) is 14.0. The summed E-state index contributed by atoms with van der Waals surface area (Å²) in [6.07, 6.45) is 2.33. The molecule has 0 spiro atoms. The second-order valence-electron chi connectivity index (χ2n) is 6.53. The number of hydrogen-bond acceptors (Lipinski definition) is 2. The number of nitrogens with zero attached hydrogens (tertiary/aromatic N) is 1. The van der Waals surface area contributed by atoms with E-state index in [2.05, 4.69) is 41.4 Å². The first-order valence-corrected chi connectivity index (χ1v) is 8.41. The Morgan fingerprint density at radius 2 is 1.92 bits per heavy atom. The highest BCUT2D eigenvalue weighted by Gasteiger charge is 2.30. The van der Waals surface area contributed by atoms with Crippen LogP contribution in [0.2, 0.25) is 0 Å². The highest BCUT2D eigenvalue weighted by Crippen LogP contribution is 2.28. The van der Waals surface area contributed by atoms with Crippen LogP contribution < -0.4 is 5.32 Å². The van der Waals surface area contributed by atoms with Crippen molar-refractivity contribution in [1.82, 2.24) is 10.2 Å². The van der Waals surface area contributed by atoms with E-state index in [0.29, 0.717) is 19.1 Å². The van der Waals surface area contributed by atoms with E-state index in [0.717, 1.165) is 24.9 Å². The number of hydrogen-bond donors (Lipinski definition) is 1. The van der Waals surface area contributed by atoms with Crippen molar-refractivity contribution in [3.05, 3.63) is 71.0 Å². The largest absolute Gasteiger partial charge is 0.351 e. The second kappa shape index (κ2) is 7.58. The third kappa shape index (κ3) is 4.90. The highest BCUT2D eigenvalue weighted by molar-refractivity contribution is 5.78. The zero-order valence-corrected chi connectivity index (χ0v) is 14.0. The van der Waals surface area contributed by atoms with Gasteiger partial charge in [0.05, 0.1) is 6.54 Å². The second-order valence-corrected chi connectivity index (χ2v) is 6.53. The molecule has 0 bridgehead atoms. The Morgan fingerprint density at radius 3 is 2.58 bits per heavy atom. The van der Waals surface area contributed by atoms with Crippen molar-refractivity contribution in [1.29, 1.82) is 0 Å². The van der Waals surface area contributed by atoms with Gasteiger partial charge in [0.15, 0.2) is 0 Å². The number of rotatable bonds is 7. The summed E-state index contributed by atoms with van der Waals surface area (Å²) in [5.74, 6) is -0.248. The summed E-state index contributed by atoms with van der Waals surface area (Å²) in [4.78, 5) is 14.5. The van der Waals surface area contributed by atoms with E-state index in [1.165, 1.54) is 23.3 Å². The molecule has 126 valence electrons. The summed E-state index contributed by atoms with van der Waals surface area (Å²) in [5, 5.41) is 2.93. The molecule has 3 nitrogen and oxygen atoms in total. The van der Waals surface area contributed by atoms with Crippen molar-refractivity contribution < 1.29 is 9.18 Å². The van der Waals surface area contributed by atoms with Gasteiger partial charge in [0.1, 0.15) is 5.82 Å². The Labute approximate surface area is 142 Å².